The van der Waals surface area contributed by atoms with Gasteiger partial charge in [0, 0.05) is 13.0 Å². The van der Waals surface area contributed by atoms with Gasteiger partial charge >= 0.3 is 0 Å². The SMILES string of the molecule is COc1ccc(F)cc1C(=O)NCCCc1nc2ccccc2[nH]1. The number of aryl methyl sites for hydroxylation is 1. The number of hydrogen-bond acceptors (Lipinski definition) is 3. The zero-order chi connectivity index (χ0) is 16.9. The Bertz CT molecular complexity index is 827. The molecule has 1 aromatic heterocycles. The zero-order valence-corrected chi connectivity index (χ0v) is 13.3. The van der Waals surface area contributed by atoms with Gasteiger partial charge in [-0.3, -0.25) is 4.79 Å². The number of amides is 1. The van der Waals surface area contributed by atoms with Crippen molar-refractivity contribution in [3.8, 4) is 5.75 Å². The molecular weight excluding hydrogens is 309 g/mol. The number of halogens is 1. The number of fused-ring (bicyclic) bond motifs is 1. The first-order valence-electron chi connectivity index (χ1n) is 7.73. The van der Waals surface area contributed by atoms with Crippen molar-refractivity contribution in [2.75, 3.05) is 13.7 Å². The first-order chi connectivity index (χ1) is 11.7. The Morgan fingerprint density at radius 1 is 1.29 bits per heavy atom. The lowest BCUT2D eigenvalue weighted by molar-refractivity contribution is 0.0949. The lowest BCUT2D eigenvalue weighted by Gasteiger charge is -2.09. The molecule has 6 heteroatoms. The van der Waals surface area contributed by atoms with Crippen molar-refractivity contribution in [2.45, 2.75) is 12.8 Å². The van der Waals surface area contributed by atoms with Crippen molar-refractivity contribution >= 4 is 16.9 Å². The minimum Gasteiger partial charge on any atom is -0.496 e. The van der Waals surface area contributed by atoms with Crippen LogP contribution < -0.4 is 10.1 Å². The van der Waals surface area contributed by atoms with E-state index in [1.54, 1.807) is 0 Å². The molecule has 1 amide bonds. The molecule has 3 aromatic rings. The van der Waals surface area contributed by atoms with E-state index in [1.807, 2.05) is 24.3 Å². The lowest BCUT2D eigenvalue weighted by Crippen LogP contribution is -2.25. The molecule has 0 aliphatic carbocycles. The summed E-state index contributed by atoms with van der Waals surface area (Å²) in [7, 11) is 1.45. The van der Waals surface area contributed by atoms with E-state index in [0.717, 1.165) is 29.7 Å². The lowest BCUT2D eigenvalue weighted by atomic mass is 10.1. The van der Waals surface area contributed by atoms with Crippen LogP contribution in [0.2, 0.25) is 0 Å². The summed E-state index contributed by atoms with van der Waals surface area (Å²) in [6.45, 7) is 0.468. The number of rotatable bonds is 6. The van der Waals surface area contributed by atoms with Gasteiger partial charge in [-0.15, -0.1) is 0 Å². The second-order valence-corrected chi connectivity index (χ2v) is 5.40. The highest BCUT2D eigenvalue weighted by Gasteiger charge is 2.13. The second kappa shape index (κ2) is 7.12. The number of methoxy groups -OCH3 is 1. The maximum atomic E-state index is 13.3. The second-order valence-electron chi connectivity index (χ2n) is 5.40. The van der Waals surface area contributed by atoms with Crippen molar-refractivity contribution in [2.24, 2.45) is 0 Å². The van der Waals surface area contributed by atoms with Crippen LogP contribution in [0.25, 0.3) is 11.0 Å². The summed E-state index contributed by atoms with van der Waals surface area (Å²) in [5, 5.41) is 2.78. The zero-order valence-electron chi connectivity index (χ0n) is 13.3. The predicted octanol–water partition coefficient (Wildman–Crippen LogP) is 3.07. The number of aromatic amines is 1. The van der Waals surface area contributed by atoms with E-state index in [4.69, 9.17) is 4.74 Å². The van der Waals surface area contributed by atoms with Crippen molar-refractivity contribution in [1.29, 1.82) is 0 Å². The minimum atomic E-state index is -0.469. The number of nitrogens with one attached hydrogen (secondary N) is 2. The molecule has 2 N–H and O–H groups in total. The standard InChI is InChI=1S/C18H18FN3O2/c1-24-16-9-8-12(19)11-13(16)18(23)20-10-4-7-17-21-14-5-2-3-6-15(14)22-17/h2-3,5-6,8-9,11H,4,7,10H2,1H3,(H,20,23)(H,21,22). The Hall–Kier alpha value is -2.89. The number of hydrogen-bond donors (Lipinski definition) is 2. The Balaban J connectivity index is 1.54. The smallest absolute Gasteiger partial charge is 0.255 e. The van der Waals surface area contributed by atoms with Gasteiger partial charge in [-0.1, -0.05) is 12.1 Å². The molecule has 0 fully saturated rings. The molecular formula is C18H18FN3O2. The van der Waals surface area contributed by atoms with Gasteiger partial charge in [0.05, 0.1) is 23.7 Å². The maximum Gasteiger partial charge on any atom is 0.255 e. The Labute approximate surface area is 138 Å². The number of carbonyl (C=O) groups excluding carboxylic acids is 1. The molecule has 0 saturated heterocycles. The van der Waals surface area contributed by atoms with E-state index in [9.17, 15) is 9.18 Å². The fourth-order valence-electron chi connectivity index (χ4n) is 2.53. The van der Waals surface area contributed by atoms with Crippen molar-refractivity contribution in [3.63, 3.8) is 0 Å². The molecule has 0 aliphatic rings. The van der Waals surface area contributed by atoms with Gasteiger partial charge in [0.2, 0.25) is 0 Å². The summed E-state index contributed by atoms with van der Waals surface area (Å²) in [5.74, 6) is 0.416. The van der Waals surface area contributed by atoms with E-state index in [2.05, 4.69) is 15.3 Å². The largest absolute Gasteiger partial charge is 0.496 e. The van der Waals surface area contributed by atoms with Crippen LogP contribution in [0.1, 0.15) is 22.6 Å². The molecule has 0 spiro atoms. The summed E-state index contributed by atoms with van der Waals surface area (Å²) in [4.78, 5) is 19.9. The van der Waals surface area contributed by atoms with Crippen molar-refractivity contribution in [3.05, 3.63) is 59.7 Å². The minimum absolute atomic E-state index is 0.196. The first kappa shape index (κ1) is 16.0. The van der Waals surface area contributed by atoms with Crippen LogP contribution in [0.3, 0.4) is 0 Å². The Morgan fingerprint density at radius 2 is 2.12 bits per heavy atom. The normalized spacial score (nSPS) is 10.8. The van der Waals surface area contributed by atoms with E-state index >= 15 is 0 Å². The van der Waals surface area contributed by atoms with Gasteiger partial charge in [0.25, 0.3) is 5.91 Å². The van der Waals surface area contributed by atoms with Gasteiger partial charge in [-0.2, -0.15) is 0 Å². The average molecular weight is 327 g/mol. The molecule has 0 unspecified atom stereocenters. The first-order valence-corrected chi connectivity index (χ1v) is 7.73. The number of H-pyrrole nitrogens is 1. The molecule has 24 heavy (non-hydrogen) atoms. The average Bonchev–Trinajstić information content (AvgIpc) is 3.01. The third kappa shape index (κ3) is 3.53. The van der Waals surface area contributed by atoms with Gasteiger partial charge in [0.1, 0.15) is 17.4 Å². The fraction of sp³-hybridized carbons (Fsp3) is 0.222. The molecule has 0 bridgehead atoms. The van der Waals surface area contributed by atoms with Crippen LogP contribution in [0.5, 0.6) is 5.75 Å². The van der Waals surface area contributed by atoms with Crippen LogP contribution in [-0.2, 0) is 6.42 Å². The third-order valence-corrected chi connectivity index (χ3v) is 3.72. The summed E-state index contributed by atoms with van der Waals surface area (Å²) >= 11 is 0. The highest BCUT2D eigenvalue weighted by molar-refractivity contribution is 5.96. The number of para-hydroxylation sites is 2. The summed E-state index contributed by atoms with van der Waals surface area (Å²) in [5.41, 5.74) is 2.13. The molecule has 0 atom stereocenters. The van der Waals surface area contributed by atoms with Crippen LogP contribution in [0, 0.1) is 5.82 Å². The predicted molar refractivity (Wildman–Crippen MR) is 89.7 cm³/mol. The molecule has 3 rings (SSSR count). The van der Waals surface area contributed by atoms with Crippen LogP contribution in [0.15, 0.2) is 42.5 Å². The molecule has 0 saturated carbocycles. The summed E-state index contributed by atoms with van der Waals surface area (Å²) < 4.78 is 18.4. The van der Waals surface area contributed by atoms with Crippen LogP contribution in [0.4, 0.5) is 4.39 Å². The van der Waals surface area contributed by atoms with Crippen LogP contribution in [-0.4, -0.2) is 29.5 Å². The maximum absolute atomic E-state index is 13.3. The van der Waals surface area contributed by atoms with Gasteiger partial charge in [-0.05, 0) is 36.8 Å². The molecule has 124 valence electrons. The molecule has 0 aliphatic heterocycles. The molecule has 0 radical (unpaired) electrons. The molecule has 5 nitrogen and oxygen atoms in total. The number of aromatic nitrogens is 2. The number of imidazole rings is 1. The number of carbonyl (C=O) groups is 1. The van der Waals surface area contributed by atoms with Gasteiger partial charge < -0.3 is 15.0 Å². The Morgan fingerprint density at radius 3 is 2.92 bits per heavy atom. The summed E-state index contributed by atoms with van der Waals surface area (Å²) in [6, 6.07) is 11.7. The van der Waals surface area contributed by atoms with E-state index < -0.39 is 5.82 Å². The van der Waals surface area contributed by atoms with Crippen molar-refractivity contribution in [1.82, 2.24) is 15.3 Å². The quantitative estimate of drug-likeness (QED) is 0.684. The van der Waals surface area contributed by atoms with E-state index in [-0.39, 0.29) is 11.5 Å². The highest BCUT2D eigenvalue weighted by Crippen LogP contribution is 2.19. The van der Waals surface area contributed by atoms with Gasteiger partial charge in [0.15, 0.2) is 0 Å². The van der Waals surface area contributed by atoms with E-state index in [0.29, 0.717) is 12.3 Å². The molecule has 2 aromatic carbocycles. The number of ether oxygens (including phenoxy) is 1. The third-order valence-electron chi connectivity index (χ3n) is 3.72. The van der Waals surface area contributed by atoms with Crippen molar-refractivity contribution < 1.29 is 13.9 Å². The van der Waals surface area contributed by atoms with Crippen LogP contribution >= 0.6 is 0 Å². The summed E-state index contributed by atoms with van der Waals surface area (Å²) in [6.07, 6.45) is 1.44. The van der Waals surface area contributed by atoms with E-state index in [1.165, 1.54) is 25.3 Å². The Kier molecular flexibility index (Phi) is 4.74. The topological polar surface area (TPSA) is 67.0 Å². The number of nitrogens with zero attached hydrogens (tertiary/aromatic N) is 1. The number of benzene rings is 2. The highest BCUT2D eigenvalue weighted by atomic mass is 19.1. The van der Waals surface area contributed by atoms with Gasteiger partial charge in [-0.25, -0.2) is 9.37 Å². The molecule has 1 heterocycles. The fourth-order valence-corrected chi connectivity index (χ4v) is 2.53. The monoisotopic (exact) mass is 327 g/mol.